The number of hydrogen-bond acceptors (Lipinski definition) is 7. The van der Waals surface area contributed by atoms with Crippen LogP contribution in [0.5, 0.6) is 5.75 Å². The van der Waals surface area contributed by atoms with E-state index in [2.05, 4.69) is 11.4 Å². The summed E-state index contributed by atoms with van der Waals surface area (Å²) in [5.41, 5.74) is 0.659. The number of amides is 1. The van der Waals surface area contributed by atoms with Gasteiger partial charge in [0.05, 0.1) is 12.4 Å². The molecule has 1 unspecified atom stereocenters. The number of carbonyl (C=O) groups is 1. The quantitative estimate of drug-likeness (QED) is 0.143. The molecule has 3 aromatic rings. The van der Waals surface area contributed by atoms with E-state index in [0.717, 1.165) is 33.1 Å². The van der Waals surface area contributed by atoms with E-state index in [1.54, 1.807) is 39.5 Å². The molecule has 0 saturated carbocycles. The lowest BCUT2D eigenvalue weighted by atomic mass is 9.84. The zero-order chi connectivity index (χ0) is 32.9. The molecule has 45 heavy (non-hydrogen) atoms. The lowest BCUT2D eigenvalue weighted by Crippen LogP contribution is -2.51. The Morgan fingerprint density at radius 1 is 0.911 bits per heavy atom. The lowest BCUT2D eigenvalue weighted by molar-refractivity contribution is 0.0434. The molecular weight excluding hydrogens is 630 g/mol. The number of ether oxygens (including phenoxy) is 2. The lowest BCUT2D eigenvalue weighted by Gasteiger charge is -2.36. The van der Waals surface area contributed by atoms with Crippen LogP contribution in [0.3, 0.4) is 0 Å². The van der Waals surface area contributed by atoms with Crippen LogP contribution < -0.4 is 10.1 Å². The van der Waals surface area contributed by atoms with E-state index in [0.29, 0.717) is 37.3 Å². The van der Waals surface area contributed by atoms with Gasteiger partial charge in [-0.1, -0.05) is 79.2 Å². The van der Waals surface area contributed by atoms with Crippen LogP contribution in [0.1, 0.15) is 77.8 Å². The Labute approximate surface area is 278 Å². The van der Waals surface area contributed by atoms with Gasteiger partial charge >= 0.3 is 6.09 Å². The molecule has 1 atom stereocenters. The zero-order valence-corrected chi connectivity index (χ0v) is 29.3. The van der Waals surface area contributed by atoms with Crippen LogP contribution in [-0.2, 0) is 32.1 Å². The summed E-state index contributed by atoms with van der Waals surface area (Å²) in [7, 11) is -3.71. The Morgan fingerprint density at radius 3 is 2.31 bits per heavy atom. The number of aryl methyl sites for hydroxylation is 1. The third kappa shape index (κ3) is 13.3. The second-order valence-corrected chi connectivity index (χ2v) is 15.3. The van der Waals surface area contributed by atoms with Crippen molar-refractivity contribution in [2.45, 2.75) is 101 Å². The summed E-state index contributed by atoms with van der Waals surface area (Å²) in [5.74, 6) is 0.609. The molecule has 0 aliphatic carbocycles. The Hall–Kier alpha value is -2.72. The summed E-state index contributed by atoms with van der Waals surface area (Å²) in [4.78, 5) is 14.9. The van der Waals surface area contributed by atoms with E-state index in [9.17, 15) is 13.2 Å². The SMILES string of the molecule is CCCC(CCCc1ccc(Sc2cccc(OCc3ccccc3)c2)cc1Cl)(CCS(=O)(=O)OCC)NC(=O)OC(C)(C)C. The monoisotopic (exact) mass is 675 g/mol. The van der Waals surface area contributed by atoms with E-state index < -0.39 is 27.4 Å². The summed E-state index contributed by atoms with van der Waals surface area (Å²) in [6, 6.07) is 24.1. The topological polar surface area (TPSA) is 90.9 Å². The van der Waals surface area contributed by atoms with Crippen molar-refractivity contribution < 1.29 is 26.9 Å². The molecule has 1 N–H and O–H groups in total. The van der Waals surface area contributed by atoms with Gasteiger partial charge in [0, 0.05) is 20.4 Å². The second kappa shape index (κ2) is 17.3. The Balaban J connectivity index is 1.66. The van der Waals surface area contributed by atoms with Gasteiger partial charge in [-0.25, -0.2) is 4.79 Å². The van der Waals surface area contributed by atoms with Crippen molar-refractivity contribution in [1.29, 1.82) is 0 Å². The van der Waals surface area contributed by atoms with Gasteiger partial charge in [0.1, 0.15) is 18.0 Å². The first kappa shape index (κ1) is 36.7. The summed E-state index contributed by atoms with van der Waals surface area (Å²) in [6.07, 6.45) is 2.95. The van der Waals surface area contributed by atoms with Gasteiger partial charge in [-0.05, 0) is 101 Å². The molecule has 0 aliphatic rings. The van der Waals surface area contributed by atoms with E-state index in [-0.39, 0.29) is 18.8 Å². The number of hydrogen-bond donors (Lipinski definition) is 1. The highest BCUT2D eigenvalue weighted by Gasteiger charge is 2.34. The van der Waals surface area contributed by atoms with Gasteiger partial charge < -0.3 is 14.8 Å². The molecule has 0 fully saturated rings. The van der Waals surface area contributed by atoms with Crippen molar-refractivity contribution >= 4 is 39.6 Å². The normalized spacial score (nSPS) is 13.2. The third-order valence-electron chi connectivity index (χ3n) is 7.04. The minimum Gasteiger partial charge on any atom is -0.489 e. The Morgan fingerprint density at radius 2 is 1.64 bits per heavy atom. The summed E-state index contributed by atoms with van der Waals surface area (Å²) in [5, 5.41) is 3.70. The molecule has 0 aliphatic heterocycles. The first-order valence-corrected chi connectivity index (χ1v) is 18.2. The third-order valence-corrected chi connectivity index (χ3v) is 9.67. The van der Waals surface area contributed by atoms with Crippen molar-refractivity contribution in [3.63, 3.8) is 0 Å². The molecule has 0 heterocycles. The van der Waals surface area contributed by atoms with Gasteiger partial charge in [-0.3, -0.25) is 4.18 Å². The number of carbonyl (C=O) groups excluding carboxylic acids is 1. The molecule has 3 rings (SSSR count). The van der Waals surface area contributed by atoms with Crippen molar-refractivity contribution in [2.75, 3.05) is 12.4 Å². The predicted octanol–water partition coefficient (Wildman–Crippen LogP) is 9.21. The standard InChI is InChI=1S/C35H46ClNO6S2/c1-6-20-35(22-23-45(39,40)42-7-2,37-33(38)43-34(3,4)5)21-12-15-28-18-19-31(25-32(28)36)44-30-17-11-16-29(24-30)41-26-27-13-9-8-10-14-27/h8-11,13-14,16-19,24-25H,6-7,12,15,20-23,26H2,1-5H3,(H,37,38). The van der Waals surface area contributed by atoms with Crippen molar-refractivity contribution in [2.24, 2.45) is 0 Å². The van der Waals surface area contributed by atoms with Crippen LogP contribution >= 0.6 is 23.4 Å². The number of benzene rings is 3. The largest absolute Gasteiger partial charge is 0.489 e. The fourth-order valence-corrected chi connectivity index (χ4v) is 7.40. The molecule has 0 aromatic heterocycles. The highest BCUT2D eigenvalue weighted by Crippen LogP contribution is 2.34. The van der Waals surface area contributed by atoms with Crippen LogP contribution in [0.25, 0.3) is 0 Å². The van der Waals surface area contributed by atoms with Crippen LogP contribution in [0.2, 0.25) is 5.02 Å². The highest BCUT2D eigenvalue weighted by atomic mass is 35.5. The van der Waals surface area contributed by atoms with E-state index >= 15 is 0 Å². The number of nitrogens with one attached hydrogen (secondary N) is 1. The van der Waals surface area contributed by atoms with Crippen molar-refractivity contribution in [3.8, 4) is 5.75 Å². The van der Waals surface area contributed by atoms with Crippen LogP contribution in [0.15, 0.2) is 82.6 Å². The van der Waals surface area contributed by atoms with Gasteiger partial charge in [0.25, 0.3) is 10.1 Å². The van der Waals surface area contributed by atoms with E-state index in [4.69, 9.17) is 25.3 Å². The minimum absolute atomic E-state index is 0.0723. The first-order chi connectivity index (χ1) is 21.3. The summed E-state index contributed by atoms with van der Waals surface area (Å²) >= 11 is 8.36. The molecule has 10 heteroatoms. The molecule has 1 amide bonds. The predicted molar refractivity (Wildman–Crippen MR) is 183 cm³/mol. The van der Waals surface area contributed by atoms with Crippen LogP contribution in [-0.4, -0.2) is 38.0 Å². The summed E-state index contributed by atoms with van der Waals surface area (Å²) < 4.78 is 41.3. The average molecular weight is 676 g/mol. The molecule has 0 saturated heterocycles. The molecule has 246 valence electrons. The molecule has 0 spiro atoms. The molecule has 0 bridgehead atoms. The fourth-order valence-electron chi connectivity index (χ4n) is 5.04. The summed E-state index contributed by atoms with van der Waals surface area (Å²) in [6.45, 7) is 9.63. The average Bonchev–Trinajstić information content (AvgIpc) is 2.96. The Bertz CT molecular complexity index is 1480. The Kier molecular flexibility index (Phi) is 14.1. The maximum absolute atomic E-state index is 12.9. The second-order valence-electron chi connectivity index (χ2n) is 12.0. The minimum atomic E-state index is -3.71. The highest BCUT2D eigenvalue weighted by molar-refractivity contribution is 7.99. The van der Waals surface area contributed by atoms with E-state index in [1.807, 2.05) is 73.7 Å². The maximum Gasteiger partial charge on any atom is 0.408 e. The van der Waals surface area contributed by atoms with E-state index in [1.165, 1.54) is 0 Å². The smallest absolute Gasteiger partial charge is 0.408 e. The van der Waals surface area contributed by atoms with Crippen LogP contribution in [0, 0.1) is 0 Å². The van der Waals surface area contributed by atoms with Gasteiger partial charge in [-0.15, -0.1) is 0 Å². The molecule has 7 nitrogen and oxygen atoms in total. The van der Waals surface area contributed by atoms with Crippen molar-refractivity contribution in [1.82, 2.24) is 5.32 Å². The number of rotatable bonds is 17. The number of halogens is 1. The molecule has 3 aromatic carbocycles. The zero-order valence-electron chi connectivity index (χ0n) is 26.9. The maximum atomic E-state index is 12.9. The van der Waals surface area contributed by atoms with Gasteiger partial charge in [-0.2, -0.15) is 8.42 Å². The van der Waals surface area contributed by atoms with Crippen LogP contribution in [0.4, 0.5) is 4.79 Å². The van der Waals surface area contributed by atoms with Gasteiger partial charge in [0.2, 0.25) is 0 Å². The van der Waals surface area contributed by atoms with Crippen molar-refractivity contribution in [3.05, 3.63) is 88.9 Å². The first-order valence-electron chi connectivity index (χ1n) is 15.4. The molecule has 0 radical (unpaired) electrons. The number of alkyl carbamates (subject to hydrolysis) is 1. The molecular formula is C35H46ClNO6S2. The fraction of sp³-hybridized carbons (Fsp3) is 0.457. The van der Waals surface area contributed by atoms with Gasteiger partial charge in [0.15, 0.2) is 0 Å².